The van der Waals surface area contributed by atoms with Gasteiger partial charge in [0.2, 0.25) is 15.9 Å². The maximum atomic E-state index is 13.4. The highest BCUT2D eigenvalue weighted by atomic mass is 35.5. The third kappa shape index (κ3) is 3.86. The van der Waals surface area contributed by atoms with Crippen molar-refractivity contribution in [1.82, 2.24) is 0 Å². The van der Waals surface area contributed by atoms with Gasteiger partial charge in [-0.05, 0) is 56.2 Å². The predicted molar refractivity (Wildman–Crippen MR) is 114 cm³/mol. The van der Waals surface area contributed by atoms with Crippen LogP contribution in [0.3, 0.4) is 0 Å². The number of hydrogen-bond acceptors (Lipinski definition) is 5. The second-order valence-electron chi connectivity index (χ2n) is 6.91. The Kier molecular flexibility index (Phi) is 5.95. The van der Waals surface area contributed by atoms with Gasteiger partial charge < -0.3 is 14.8 Å². The Balaban J connectivity index is 1.92. The molecule has 0 aliphatic carbocycles. The Morgan fingerprint density at radius 3 is 2.45 bits per heavy atom. The Morgan fingerprint density at radius 1 is 1.14 bits per heavy atom. The van der Waals surface area contributed by atoms with Crippen LogP contribution in [0, 0.1) is 0 Å². The van der Waals surface area contributed by atoms with E-state index in [0.29, 0.717) is 40.9 Å². The van der Waals surface area contributed by atoms with Gasteiger partial charge in [-0.3, -0.25) is 9.10 Å². The number of nitrogens with zero attached hydrogens (tertiary/aromatic N) is 1. The van der Waals surface area contributed by atoms with Crippen LogP contribution >= 0.6 is 11.6 Å². The first kappa shape index (κ1) is 21.3. The molecular formula is C20H23ClN2O5S. The fraction of sp³-hybridized carbons (Fsp3) is 0.350. The number of amides is 1. The van der Waals surface area contributed by atoms with Crippen molar-refractivity contribution >= 4 is 38.9 Å². The van der Waals surface area contributed by atoms with E-state index in [1.807, 2.05) is 0 Å². The number of carbonyl (C=O) groups excluding carboxylic acids is 1. The van der Waals surface area contributed by atoms with Crippen molar-refractivity contribution in [3.8, 4) is 11.5 Å². The summed E-state index contributed by atoms with van der Waals surface area (Å²) >= 11 is 5.92. The summed E-state index contributed by atoms with van der Waals surface area (Å²) < 4.78 is 36.9. The van der Waals surface area contributed by atoms with Crippen molar-refractivity contribution in [1.29, 1.82) is 0 Å². The second kappa shape index (κ2) is 8.12. The molecule has 3 rings (SSSR count). The van der Waals surface area contributed by atoms with E-state index in [1.165, 1.54) is 25.4 Å². The molecule has 1 amide bonds. The lowest BCUT2D eigenvalue weighted by Gasteiger charge is -2.39. The molecule has 7 nitrogen and oxygen atoms in total. The van der Waals surface area contributed by atoms with Crippen molar-refractivity contribution in [2.24, 2.45) is 0 Å². The number of anilines is 2. The summed E-state index contributed by atoms with van der Waals surface area (Å²) in [5, 5.41) is 3.22. The minimum absolute atomic E-state index is 0.212. The molecule has 1 fully saturated rings. The van der Waals surface area contributed by atoms with Crippen molar-refractivity contribution < 1.29 is 22.7 Å². The number of benzene rings is 2. The molecule has 1 N–H and O–H groups in total. The number of ether oxygens (including phenoxy) is 2. The summed E-state index contributed by atoms with van der Waals surface area (Å²) in [5.74, 6) is 0.328. The Morgan fingerprint density at radius 2 is 1.83 bits per heavy atom. The van der Waals surface area contributed by atoms with Crippen LogP contribution in [0.5, 0.6) is 11.5 Å². The lowest BCUT2D eigenvalue weighted by molar-refractivity contribution is -0.118. The molecule has 0 bridgehead atoms. The molecule has 29 heavy (non-hydrogen) atoms. The maximum Gasteiger partial charge on any atom is 0.249 e. The summed E-state index contributed by atoms with van der Waals surface area (Å²) in [6.45, 7) is 1.76. The zero-order valence-electron chi connectivity index (χ0n) is 16.4. The average Bonchev–Trinajstić information content (AvgIpc) is 2.71. The lowest BCUT2D eigenvalue weighted by Crippen LogP contribution is -2.57. The third-order valence-electron chi connectivity index (χ3n) is 5.13. The monoisotopic (exact) mass is 438 g/mol. The number of sulfonamides is 1. The van der Waals surface area contributed by atoms with Crippen LogP contribution in [-0.2, 0) is 14.8 Å². The third-order valence-corrected chi connectivity index (χ3v) is 7.88. The van der Waals surface area contributed by atoms with Crippen LogP contribution in [0.1, 0.15) is 19.8 Å². The van der Waals surface area contributed by atoms with Crippen LogP contribution in [0.25, 0.3) is 0 Å². The largest absolute Gasteiger partial charge is 0.497 e. The van der Waals surface area contributed by atoms with Gasteiger partial charge in [0.15, 0.2) is 4.75 Å². The first-order chi connectivity index (χ1) is 13.7. The molecule has 1 aliphatic heterocycles. The number of carbonyl (C=O) groups is 1. The van der Waals surface area contributed by atoms with E-state index in [9.17, 15) is 13.2 Å². The van der Waals surface area contributed by atoms with Gasteiger partial charge in [-0.1, -0.05) is 11.6 Å². The van der Waals surface area contributed by atoms with Crippen LogP contribution in [0.15, 0.2) is 42.5 Å². The van der Waals surface area contributed by atoms with Gasteiger partial charge >= 0.3 is 0 Å². The van der Waals surface area contributed by atoms with E-state index in [2.05, 4.69) is 5.32 Å². The minimum atomic E-state index is -3.97. The summed E-state index contributed by atoms with van der Waals surface area (Å²) in [4.78, 5) is 13.1. The summed E-state index contributed by atoms with van der Waals surface area (Å²) in [7, 11) is -0.983. The first-order valence-electron chi connectivity index (χ1n) is 9.04. The van der Waals surface area contributed by atoms with Gasteiger partial charge in [0.25, 0.3) is 0 Å². The average molecular weight is 439 g/mol. The molecule has 1 unspecified atom stereocenters. The van der Waals surface area contributed by atoms with Crippen LogP contribution in [0.4, 0.5) is 11.4 Å². The number of hydrogen-bond donors (Lipinski definition) is 1. The van der Waals surface area contributed by atoms with E-state index in [-0.39, 0.29) is 6.42 Å². The Bertz CT molecular complexity index is 1010. The van der Waals surface area contributed by atoms with Crippen molar-refractivity contribution in [3.05, 3.63) is 47.5 Å². The SMILES string of the molecule is COc1ccc(NC(=O)C2(C)CCCN(c3ccc(Cl)cc3)S2(=O)=O)c(OC)c1. The quantitative estimate of drug-likeness (QED) is 0.769. The van der Waals surface area contributed by atoms with Crippen molar-refractivity contribution in [2.75, 3.05) is 30.4 Å². The molecule has 0 aromatic heterocycles. The van der Waals surface area contributed by atoms with E-state index in [0.717, 1.165) is 0 Å². The van der Waals surface area contributed by atoms with Gasteiger partial charge in [-0.25, -0.2) is 8.42 Å². The summed E-state index contributed by atoms with van der Waals surface area (Å²) in [6.07, 6.45) is 0.759. The highest BCUT2D eigenvalue weighted by molar-refractivity contribution is 7.95. The molecule has 1 saturated heterocycles. The van der Waals surface area contributed by atoms with Gasteiger partial charge in [0.1, 0.15) is 11.5 Å². The molecule has 0 saturated carbocycles. The zero-order valence-corrected chi connectivity index (χ0v) is 18.0. The highest BCUT2D eigenvalue weighted by Gasteiger charge is 2.52. The molecule has 0 radical (unpaired) electrons. The highest BCUT2D eigenvalue weighted by Crippen LogP contribution is 2.37. The molecule has 9 heteroatoms. The molecular weight excluding hydrogens is 416 g/mol. The normalized spacial score (nSPS) is 20.8. The smallest absolute Gasteiger partial charge is 0.249 e. The fourth-order valence-corrected chi connectivity index (χ4v) is 5.38. The van der Waals surface area contributed by atoms with E-state index in [1.54, 1.807) is 42.5 Å². The Hall–Kier alpha value is -2.45. The second-order valence-corrected chi connectivity index (χ2v) is 9.64. The number of rotatable bonds is 5. The van der Waals surface area contributed by atoms with Gasteiger partial charge in [-0.2, -0.15) is 0 Å². The fourth-order valence-electron chi connectivity index (χ4n) is 3.31. The molecule has 1 aliphatic rings. The lowest BCUT2D eigenvalue weighted by atomic mass is 10.0. The van der Waals surface area contributed by atoms with E-state index in [4.69, 9.17) is 21.1 Å². The molecule has 0 spiro atoms. The van der Waals surface area contributed by atoms with E-state index < -0.39 is 20.7 Å². The van der Waals surface area contributed by atoms with Crippen molar-refractivity contribution in [3.63, 3.8) is 0 Å². The van der Waals surface area contributed by atoms with Crippen LogP contribution in [0.2, 0.25) is 5.02 Å². The van der Waals surface area contributed by atoms with Gasteiger partial charge in [-0.15, -0.1) is 0 Å². The Labute approximate surface area is 175 Å². The van der Waals surface area contributed by atoms with Crippen molar-refractivity contribution in [2.45, 2.75) is 24.5 Å². The van der Waals surface area contributed by atoms with Gasteiger partial charge in [0, 0.05) is 17.6 Å². The molecule has 1 heterocycles. The van der Waals surface area contributed by atoms with Crippen LogP contribution in [-0.4, -0.2) is 39.8 Å². The van der Waals surface area contributed by atoms with E-state index >= 15 is 0 Å². The maximum absolute atomic E-state index is 13.4. The number of nitrogens with one attached hydrogen (secondary N) is 1. The number of methoxy groups -OCH3 is 2. The summed E-state index contributed by atoms with van der Waals surface area (Å²) in [6, 6.07) is 11.4. The molecule has 2 aromatic carbocycles. The zero-order chi connectivity index (χ0) is 21.2. The summed E-state index contributed by atoms with van der Waals surface area (Å²) in [5.41, 5.74) is 0.855. The molecule has 2 aromatic rings. The van der Waals surface area contributed by atoms with Crippen LogP contribution < -0.4 is 19.1 Å². The molecule has 156 valence electrons. The molecule has 1 atom stereocenters. The topological polar surface area (TPSA) is 84.9 Å². The standard InChI is InChI=1S/C20H23ClN2O5S/c1-20(19(24)22-17-10-9-16(27-2)13-18(17)28-3)11-4-12-23(29(20,25)26)15-7-5-14(21)6-8-15/h5-10,13H,4,11-12H2,1-3H3,(H,22,24). The van der Waals surface area contributed by atoms with Gasteiger partial charge in [0.05, 0.1) is 25.6 Å². The first-order valence-corrected chi connectivity index (χ1v) is 10.9. The predicted octanol–water partition coefficient (Wildman–Crippen LogP) is 3.68. The minimum Gasteiger partial charge on any atom is -0.497 e. The number of halogens is 1.